The zero-order chi connectivity index (χ0) is 13.7. The topological polar surface area (TPSA) is 20.3 Å². The third-order valence-electron chi connectivity index (χ3n) is 3.97. The molecular weight excluding hydrogens is 302 g/mol. The standard InChI is InChI=1S/C16H22BrNO/c1-13-6-2-3-7-14(13)12-16(19)18-11-5-9-15(18)8-4-10-17/h2-3,6-7,15H,4-5,8-12H2,1H3. The Hall–Kier alpha value is -0.830. The molecule has 1 fully saturated rings. The van der Waals surface area contributed by atoms with E-state index in [0.717, 1.165) is 31.1 Å². The molecule has 1 unspecified atom stereocenters. The van der Waals surface area contributed by atoms with Gasteiger partial charge in [-0.1, -0.05) is 40.2 Å². The van der Waals surface area contributed by atoms with Crippen molar-refractivity contribution in [2.75, 3.05) is 11.9 Å². The lowest BCUT2D eigenvalue weighted by Gasteiger charge is -2.25. The van der Waals surface area contributed by atoms with Crippen LogP contribution in [0.5, 0.6) is 0 Å². The van der Waals surface area contributed by atoms with Crippen molar-refractivity contribution in [1.29, 1.82) is 0 Å². The first-order valence-electron chi connectivity index (χ1n) is 7.12. The van der Waals surface area contributed by atoms with Crippen molar-refractivity contribution < 1.29 is 4.79 Å². The number of likely N-dealkylation sites (tertiary alicyclic amines) is 1. The molecule has 0 spiro atoms. The first kappa shape index (κ1) is 14.6. The molecule has 1 atom stereocenters. The maximum Gasteiger partial charge on any atom is 0.227 e. The quantitative estimate of drug-likeness (QED) is 0.756. The van der Waals surface area contributed by atoms with E-state index in [0.29, 0.717) is 18.4 Å². The van der Waals surface area contributed by atoms with Gasteiger partial charge in [0.1, 0.15) is 0 Å². The van der Waals surface area contributed by atoms with Crippen molar-refractivity contribution in [2.45, 2.75) is 45.1 Å². The number of alkyl halides is 1. The van der Waals surface area contributed by atoms with Crippen molar-refractivity contribution in [3.05, 3.63) is 35.4 Å². The summed E-state index contributed by atoms with van der Waals surface area (Å²) >= 11 is 3.47. The molecule has 1 aromatic rings. The summed E-state index contributed by atoms with van der Waals surface area (Å²) in [5, 5.41) is 1.03. The number of carbonyl (C=O) groups excluding carboxylic acids is 1. The highest BCUT2D eigenvalue weighted by Crippen LogP contribution is 2.23. The number of halogens is 1. The molecule has 0 N–H and O–H groups in total. The van der Waals surface area contributed by atoms with Gasteiger partial charge in [-0.15, -0.1) is 0 Å². The summed E-state index contributed by atoms with van der Waals surface area (Å²) in [6.45, 7) is 3.02. The number of rotatable bonds is 5. The van der Waals surface area contributed by atoms with Gasteiger partial charge in [-0.25, -0.2) is 0 Å². The van der Waals surface area contributed by atoms with Crippen LogP contribution in [0.2, 0.25) is 0 Å². The predicted molar refractivity (Wildman–Crippen MR) is 82.6 cm³/mol. The molecule has 0 radical (unpaired) electrons. The molecule has 1 aromatic carbocycles. The summed E-state index contributed by atoms with van der Waals surface area (Å²) in [4.78, 5) is 14.6. The zero-order valence-electron chi connectivity index (χ0n) is 11.6. The summed E-state index contributed by atoms with van der Waals surface area (Å²) < 4.78 is 0. The fourth-order valence-electron chi connectivity index (χ4n) is 2.85. The van der Waals surface area contributed by atoms with Crippen molar-refractivity contribution in [2.24, 2.45) is 0 Å². The molecule has 3 heteroatoms. The van der Waals surface area contributed by atoms with Gasteiger partial charge in [0.05, 0.1) is 6.42 Å². The van der Waals surface area contributed by atoms with E-state index in [1.807, 2.05) is 12.1 Å². The highest BCUT2D eigenvalue weighted by atomic mass is 79.9. The second kappa shape index (κ2) is 7.09. The number of hydrogen-bond acceptors (Lipinski definition) is 1. The molecule has 1 aliphatic heterocycles. The minimum atomic E-state index is 0.298. The van der Waals surface area contributed by atoms with Gasteiger partial charge >= 0.3 is 0 Å². The second-order valence-electron chi connectivity index (χ2n) is 5.32. The first-order valence-corrected chi connectivity index (χ1v) is 8.24. The van der Waals surface area contributed by atoms with E-state index < -0.39 is 0 Å². The number of hydrogen-bond donors (Lipinski definition) is 0. The lowest BCUT2D eigenvalue weighted by atomic mass is 10.0. The van der Waals surface area contributed by atoms with E-state index in [1.54, 1.807) is 0 Å². The summed E-state index contributed by atoms with van der Waals surface area (Å²) in [7, 11) is 0. The second-order valence-corrected chi connectivity index (χ2v) is 6.11. The fraction of sp³-hybridized carbons (Fsp3) is 0.562. The van der Waals surface area contributed by atoms with Crippen molar-refractivity contribution >= 4 is 21.8 Å². The minimum absolute atomic E-state index is 0.298. The highest BCUT2D eigenvalue weighted by Gasteiger charge is 2.28. The smallest absolute Gasteiger partial charge is 0.227 e. The summed E-state index contributed by atoms with van der Waals surface area (Å²) in [5.41, 5.74) is 2.38. The molecule has 0 aliphatic carbocycles. The van der Waals surface area contributed by atoms with E-state index in [9.17, 15) is 4.79 Å². The predicted octanol–water partition coefficient (Wildman–Crippen LogP) is 3.70. The van der Waals surface area contributed by atoms with E-state index in [4.69, 9.17) is 0 Å². The molecular formula is C16H22BrNO. The molecule has 1 amide bonds. The SMILES string of the molecule is Cc1ccccc1CC(=O)N1CCCC1CCCBr. The van der Waals surface area contributed by atoms with Crippen LogP contribution in [-0.4, -0.2) is 28.7 Å². The monoisotopic (exact) mass is 323 g/mol. The molecule has 0 aromatic heterocycles. The van der Waals surface area contributed by atoms with Crippen LogP contribution >= 0.6 is 15.9 Å². The number of aryl methyl sites for hydroxylation is 1. The normalized spacial score (nSPS) is 18.8. The number of benzene rings is 1. The molecule has 1 aliphatic rings. The highest BCUT2D eigenvalue weighted by molar-refractivity contribution is 9.09. The Labute approximate surface area is 124 Å². The molecule has 104 valence electrons. The van der Waals surface area contributed by atoms with Gasteiger partial charge in [-0.3, -0.25) is 4.79 Å². The molecule has 1 saturated heterocycles. The Kier molecular flexibility index (Phi) is 5.44. The average Bonchev–Trinajstić information content (AvgIpc) is 2.87. The van der Waals surface area contributed by atoms with Crippen LogP contribution in [0.15, 0.2) is 24.3 Å². The molecule has 0 bridgehead atoms. The maximum atomic E-state index is 12.5. The third kappa shape index (κ3) is 3.82. The van der Waals surface area contributed by atoms with Crippen molar-refractivity contribution in [1.82, 2.24) is 4.90 Å². The van der Waals surface area contributed by atoms with Gasteiger partial charge in [0.25, 0.3) is 0 Å². The fourth-order valence-corrected chi connectivity index (χ4v) is 3.17. The van der Waals surface area contributed by atoms with Crippen LogP contribution in [0.3, 0.4) is 0 Å². The Balaban J connectivity index is 1.97. The summed E-state index contributed by atoms with van der Waals surface area (Å²) in [6.07, 6.45) is 5.17. The summed E-state index contributed by atoms with van der Waals surface area (Å²) in [6, 6.07) is 8.65. The Morgan fingerprint density at radius 1 is 1.42 bits per heavy atom. The summed E-state index contributed by atoms with van der Waals surface area (Å²) in [5.74, 6) is 0.298. The average molecular weight is 324 g/mol. The first-order chi connectivity index (χ1) is 9.22. The van der Waals surface area contributed by atoms with E-state index in [1.165, 1.54) is 17.5 Å². The van der Waals surface area contributed by atoms with Crippen molar-refractivity contribution in [3.63, 3.8) is 0 Å². The van der Waals surface area contributed by atoms with Crippen LogP contribution < -0.4 is 0 Å². The maximum absolute atomic E-state index is 12.5. The van der Waals surface area contributed by atoms with E-state index >= 15 is 0 Å². The minimum Gasteiger partial charge on any atom is -0.339 e. The van der Waals surface area contributed by atoms with Gasteiger partial charge in [0, 0.05) is 17.9 Å². The van der Waals surface area contributed by atoms with Crippen LogP contribution in [0, 0.1) is 6.92 Å². The lowest BCUT2D eigenvalue weighted by Crippen LogP contribution is -2.36. The molecule has 1 heterocycles. The largest absolute Gasteiger partial charge is 0.339 e. The van der Waals surface area contributed by atoms with Gasteiger partial charge in [0.2, 0.25) is 5.91 Å². The van der Waals surface area contributed by atoms with E-state index in [-0.39, 0.29) is 0 Å². The van der Waals surface area contributed by atoms with Crippen LogP contribution in [0.1, 0.15) is 36.8 Å². The molecule has 2 nitrogen and oxygen atoms in total. The molecule has 2 rings (SSSR count). The number of carbonyl (C=O) groups is 1. The lowest BCUT2D eigenvalue weighted by molar-refractivity contribution is -0.131. The number of nitrogens with zero attached hydrogens (tertiary/aromatic N) is 1. The van der Waals surface area contributed by atoms with Gasteiger partial charge in [-0.2, -0.15) is 0 Å². The zero-order valence-corrected chi connectivity index (χ0v) is 13.2. The van der Waals surface area contributed by atoms with Crippen LogP contribution in [0.4, 0.5) is 0 Å². The Morgan fingerprint density at radius 3 is 2.95 bits per heavy atom. The third-order valence-corrected chi connectivity index (χ3v) is 4.53. The van der Waals surface area contributed by atoms with Crippen LogP contribution in [-0.2, 0) is 11.2 Å². The van der Waals surface area contributed by atoms with E-state index in [2.05, 4.69) is 39.9 Å². The number of amides is 1. The van der Waals surface area contributed by atoms with Gasteiger partial charge in [0.15, 0.2) is 0 Å². The Morgan fingerprint density at radius 2 is 2.21 bits per heavy atom. The Bertz CT molecular complexity index is 433. The van der Waals surface area contributed by atoms with Crippen molar-refractivity contribution in [3.8, 4) is 0 Å². The molecule has 19 heavy (non-hydrogen) atoms. The van der Waals surface area contributed by atoms with Gasteiger partial charge in [-0.05, 0) is 43.7 Å². The molecule has 0 saturated carbocycles. The van der Waals surface area contributed by atoms with Crippen LogP contribution in [0.25, 0.3) is 0 Å². The van der Waals surface area contributed by atoms with Gasteiger partial charge < -0.3 is 4.90 Å².